The number of fused-ring (bicyclic) bond motifs is 1. The fraction of sp³-hybridized carbons (Fsp3) is 0.333. The van der Waals surface area contributed by atoms with E-state index in [9.17, 15) is 9.59 Å². The van der Waals surface area contributed by atoms with Crippen molar-refractivity contribution in [3.8, 4) is 0 Å². The van der Waals surface area contributed by atoms with Crippen LogP contribution in [0.25, 0.3) is 0 Å². The third-order valence-electron chi connectivity index (χ3n) is 6.38. The van der Waals surface area contributed by atoms with E-state index in [1.54, 1.807) is 16.8 Å². The van der Waals surface area contributed by atoms with Gasteiger partial charge in [-0.3, -0.25) is 14.2 Å². The summed E-state index contributed by atoms with van der Waals surface area (Å²) in [5.41, 5.74) is 9.09. The molecule has 1 atom stereocenters. The molecule has 2 aliphatic rings. The van der Waals surface area contributed by atoms with Gasteiger partial charge in [0.1, 0.15) is 11.9 Å². The molecule has 2 aliphatic heterocycles. The second kappa shape index (κ2) is 8.57. The summed E-state index contributed by atoms with van der Waals surface area (Å²) in [6, 6.07) is 13.3. The number of aryl methyl sites for hydroxylation is 2. The molecule has 1 aromatic carbocycles. The Morgan fingerprint density at radius 1 is 1.18 bits per heavy atom. The predicted octanol–water partition coefficient (Wildman–Crippen LogP) is 1.63. The quantitative estimate of drug-likeness (QED) is 0.528. The van der Waals surface area contributed by atoms with Crippen molar-refractivity contribution in [3.63, 3.8) is 0 Å². The second-order valence-electron chi connectivity index (χ2n) is 8.61. The number of nitrogens with two attached hydrogens (primary N) is 1. The highest BCUT2D eigenvalue weighted by Crippen LogP contribution is 2.25. The number of hydrogen-bond acceptors (Lipinski definition) is 7. The molecule has 170 valence electrons. The molecule has 0 radical (unpaired) electrons. The highest BCUT2D eigenvalue weighted by molar-refractivity contribution is 5.81. The minimum absolute atomic E-state index is 0.138. The smallest absolute Gasteiger partial charge is 0.294 e. The van der Waals surface area contributed by atoms with E-state index in [1.807, 2.05) is 31.2 Å². The molecule has 4 heterocycles. The van der Waals surface area contributed by atoms with Crippen LogP contribution in [-0.4, -0.2) is 39.6 Å². The van der Waals surface area contributed by atoms with Gasteiger partial charge in [-0.1, -0.05) is 24.3 Å². The number of carbonyl (C=O) groups is 1. The lowest BCUT2D eigenvalue weighted by atomic mass is 10.1. The van der Waals surface area contributed by atoms with Crippen LogP contribution in [0, 0.1) is 6.92 Å². The summed E-state index contributed by atoms with van der Waals surface area (Å²) in [7, 11) is 0. The third kappa shape index (κ3) is 4.13. The number of amides is 1. The van der Waals surface area contributed by atoms with Gasteiger partial charge in [-0.05, 0) is 43.5 Å². The Morgan fingerprint density at radius 2 is 1.97 bits per heavy atom. The van der Waals surface area contributed by atoms with Crippen LogP contribution in [0.3, 0.4) is 0 Å². The summed E-state index contributed by atoms with van der Waals surface area (Å²) in [4.78, 5) is 37.0. The van der Waals surface area contributed by atoms with Crippen molar-refractivity contribution in [2.24, 2.45) is 0 Å². The van der Waals surface area contributed by atoms with Gasteiger partial charge in [0.05, 0.1) is 6.04 Å². The number of hydrogen-bond donors (Lipinski definition) is 3. The van der Waals surface area contributed by atoms with Gasteiger partial charge in [-0.2, -0.15) is 0 Å². The van der Waals surface area contributed by atoms with Crippen molar-refractivity contribution in [2.75, 3.05) is 29.0 Å². The Labute approximate surface area is 191 Å². The van der Waals surface area contributed by atoms with Crippen molar-refractivity contribution < 1.29 is 4.79 Å². The van der Waals surface area contributed by atoms with Crippen LogP contribution in [0.1, 0.15) is 29.4 Å². The molecule has 1 saturated heterocycles. The highest BCUT2D eigenvalue weighted by Gasteiger charge is 2.32. The maximum Gasteiger partial charge on any atom is 0.294 e. The van der Waals surface area contributed by atoms with Gasteiger partial charge in [-0.25, -0.2) is 9.97 Å². The van der Waals surface area contributed by atoms with E-state index in [-0.39, 0.29) is 17.5 Å². The first-order valence-corrected chi connectivity index (χ1v) is 11.2. The first kappa shape index (κ1) is 21.0. The molecule has 4 N–H and O–H groups in total. The summed E-state index contributed by atoms with van der Waals surface area (Å²) in [6.07, 6.45) is 2.93. The van der Waals surface area contributed by atoms with Crippen molar-refractivity contribution >= 4 is 23.2 Å². The Kier molecular flexibility index (Phi) is 5.45. The fourth-order valence-corrected chi connectivity index (χ4v) is 4.50. The molecular formula is C24H27N7O2. The topological polar surface area (TPSA) is 118 Å². The second-order valence-corrected chi connectivity index (χ2v) is 8.61. The Morgan fingerprint density at radius 3 is 2.73 bits per heavy atom. The Bertz CT molecular complexity index is 1240. The number of pyridine rings is 1. The molecule has 9 heteroatoms. The minimum Gasteiger partial charge on any atom is -0.384 e. The summed E-state index contributed by atoms with van der Waals surface area (Å²) in [5.74, 6) is 0.572. The van der Waals surface area contributed by atoms with Crippen LogP contribution in [0.2, 0.25) is 0 Å². The van der Waals surface area contributed by atoms with Crippen molar-refractivity contribution in [2.45, 2.75) is 38.4 Å². The van der Waals surface area contributed by atoms with E-state index in [0.29, 0.717) is 31.0 Å². The SMILES string of the molecule is Cc1nc(N)ccc1CNC(=O)[C@@H]1CCc2cnc(NC3CN(c4ccccc4)C3)c(=O)n21. The molecule has 1 fully saturated rings. The van der Waals surface area contributed by atoms with E-state index >= 15 is 0 Å². The van der Waals surface area contributed by atoms with Crippen LogP contribution in [0.15, 0.2) is 53.5 Å². The standard InChI is InChI=1S/C24H27N7O2/c1-15-16(7-10-21(25)28-15)11-27-23(32)20-9-8-19-12-26-22(24(33)31(19)20)29-17-13-30(14-17)18-5-3-2-4-6-18/h2-7,10,12,17,20H,8-9,11,13-14H2,1H3,(H2,25,28)(H,26,29)(H,27,32)/t20-/m0/s1. The van der Waals surface area contributed by atoms with E-state index < -0.39 is 6.04 Å². The lowest BCUT2D eigenvalue weighted by molar-refractivity contribution is -0.124. The van der Waals surface area contributed by atoms with Crippen LogP contribution in [0.4, 0.5) is 17.3 Å². The molecular weight excluding hydrogens is 418 g/mol. The van der Waals surface area contributed by atoms with Crippen molar-refractivity contribution in [1.82, 2.24) is 19.9 Å². The van der Waals surface area contributed by atoms with Gasteiger partial charge in [0, 0.05) is 42.9 Å². The number of aromatic nitrogens is 3. The maximum atomic E-state index is 13.2. The van der Waals surface area contributed by atoms with Gasteiger partial charge in [0.2, 0.25) is 5.91 Å². The minimum atomic E-state index is -0.541. The first-order chi connectivity index (χ1) is 16.0. The van der Waals surface area contributed by atoms with Crippen LogP contribution in [0.5, 0.6) is 0 Å². The predicted molar refractivity (Wildman–Crippen MR) is 127 cm³/mol. The highest BCUT2D eigenvalue weighted by atomic mass is 16.2. The number of nitrogens with zero attached hydrogens (tertiary/aromatic N) is 4. The normalized spacial score (nSPS) is 17.4. The fourth-order valence-electron chi connectivity index (χ4n) is 4.50. The molecule has 5 rings (SSSR count). The molecule has 9 nitrogen and oxygen atoms in total. The molecule has 0 saturated carbocycles. The number of nitrogens with one attached hydrogen (secondary N) is 2. The number of rotatable bonds is 6. The van der Waals surface area contributed by atoms with Crippen LogP contribution in [-0.2, 0) is 17.8 Å². The molecule has 1 amide bonds. The van der Waals surface area contributed by atoms with Crippen LogP contribution < -0.4 is 26.8 Å². The van der Waals surface area contributed by atoms with Crippen LogP contribution >= 0.6 is 0 Å². The zero-order valence-electron chi connectivity index (χ0n) is 18.5. The van der Waals surface area contributed by atoms with Gasteiger partial charge >= 0.3 is 0 Å². The number of para-hydroxylation sites is 1. The van der Waals surface area contributed by atoms with Crippen molar-refractivity contribution in [3.05, 3.63) is 76.0 Å². The average Bonchev–Trinajstić information content (AvgIpc) is 3.22. The lowest BCUT2D eigenvalue weighted by Gasteiger charge is -2.41. The maximum absolute atomic E-state index is 13.2. The van der Waals surface area contributed by atoms with E-state index in [4.69, 9.17) is 5.73 Å². The number of nitrogen functional groups attached to an aromatic ring is 1. The lowest BCUT2D eigenvalue weighted by Crippen LogP contribution is -2.55. The molecule has 33 heavy (non-hydrogen) atoms. The Hall–Kier alpha value is -3.88. The summed E-state index contributed by atoms with van der Waals surface area (Å²) in [6.45, 7) is 3.79. The molecule has 0 aliphatic carbocycles. The average molecular weight is 446 g/mol. The van der Waals surface area contributed by atoms with Crippen molar-refractivity contribution in [1.29, 1.82) is 0 Å². The van der Waals surface area contributed by atoms with Gasteiger partial charge in [-0.15, -0.1) is 0 Å². The number of benzene rings is 1. The Balaban J connectivity index is 1.25. The van der Waals surface area contributed by atoms with Gasteiger partial charge in [0.25, 0.3) is 5.56 Å². The zero-order chi connectivity index (χ0) is 22.9. The van der Waals surface area contributed by atoms with Gasteiger partial charge in [0.15, 0.2) is 5.82 Å². The first-order valence-electron chi connectivity index (χ1n) is 11.2. The molecule has 2 aromatic heterocycles. The molecule has 3 aromatic rings. The summed E-state index contributed by atoms with van der Waals surface area (Å²) in [5, 5.41) is 6.22. The summed E-state index contributed by atoms with van der Waals surface area (Å²) < 4.78 is 1.59. The van der Waals surface area contributed by atoms with E-state index in [1.165, 1.54) is 0 Å². The third-order valence-corrected chi connectivity index (χ3v) is 6.38. The number of anilines is 3. The zero-order valence-corrected chi connectivity index (χ0v) is 18.5. The summed E-state index contributed by atoms with van der Waals surface area (Å²) >= 11 is 0. The molecule has 0 spiro atoms. The molecule has 0 bridgehead atoms. The largest absolute Gasteiger partial charge is 0.384 e. The van der Waals surface area contributed by atoms with E-state index in [2.05, 4.69) is 37.6 Å². The van der Waals surface area contributed by atoms with E-state index in [0.717, 1.165) is 35.7 Å². The molecule has 0 unspecified atom stereocenters. The van der Waals surface area contributed by atoms with Gasteiger partial charge < -0.3 is 21.3 Å². The monoisotopic (exact) mass is 445 g/mol. The number of carbonyl (C=O) groups excluding carboxylic acids is 1.